The maximum atomic E-state index is 12.2. The smallest absolute Gasteiger partial charge is 0.352 e. The van der Waals surface area contributed by atoms with Crippen molar-refractivity contribution in [2.45, 2.75) is 26.4 Å². The first kappa shape index (κ1) is 15.3. The predicted octanol–water partition coefficient (Wildman–Crippen LogP) is 2.25. The number of para-hydroxylation sites is 1. The fraction of sp³-hybridized carbons (Fsp3) is 0.267. The molecule has 1 aromatic carbocycles. The van der Waals surface area contributed by atoms with Gasteiger partial charge in [0.1, 0.15) is 0 Å². The van der Waals surface area contributed by atoms with Gasteiger partial charge < -0.3 is 9.72 Å². The highest BCUT2D eigenvalue weighted by Crippen LogP contribution is 2.19. The van der Waals surface area contributed by atoms with Crippen molar-refractivity contribution in [1.82, 2.24) is 19.6 Å². The van der Waals surface area contributed by atoms with Crippen LogP contribution in [-0.4, -0.2) is 25.5 Å². The number of carbonyl (C=O) groups excluding carboxylic acids is 1. The van der Waals surface area contributed by atoms with E-state index in [-0.39, 0.29) is 5.56 Å². The van der Waals surface area contributed by atoms with Crippen LogP contribution in [0.1, 0.15) is 41.1 Å². The summed E-state index contributed by atoms with van der Waals surface area (Å²) in [4.78, 5) is 31.7. The lowest BCUT2D eigenvalue weighted by Crippen LogP contribution is -2.17. The largest absolute Gasteiger partial charge is 0.450 e. The summed E-state index contributed by atoms with van der Waals surface area (Å²) in [6, 6.07) is 7.00. The van der Waals surface area contributed by atoms with Crippen molar-refractivity contribution in [3.05, 3.63) is 51.0 Å². The molecule has 0 saturated carbocycles. The Labute approximate surface area is 135 Å². The summed E-state index contributed by atoms with van der Waals surface area (Å²) in [7, 11) is 0. The molecule has 2 aromatic heterocycles. The molecule has 3 rings (SSSR count). The zero-order chi connectivity index (χ0) is 16.4. The SMILES string of the molecule is CCc1nnsc1C(=O)O[C@@H](C)c1nc2ccccc2c(=O)[nH]1. The maximum absolute atomic E-state index is 12.2. The topological polar surface area (TPSA) is 97.8 Å². The van der Waals surface area contributed by atoms with Gasteiger partial charge >= 0.3 is 5.97 Å². The molecule has 0 spiro atoms. The molecule has 0 radical (unpaired) electrons. The van der Waals surface area contributed by atoms with E-state index in [1.807, 2.05) is 6.92 Å². The Morgan fingerprint density at radius 2 is 2.17 bits per heavy atom. The number of carbonyl (C=O) groups is 1. The number of H-pyrrole nitrogens is 1. The molecule has 1 atom stereocenters. The summed E-state index contributed by atoms with van der Waals surface area (Å²) in [6.07, 6.45) is -0.0907. The van der Waals surface area contributed by atoms with Crippen LogP contribution >= 0.6 is 11.5 Å². The number of fused-ring (bicyclic) bond motifs is 1. The standard InChI is InChI=1S/C15H14N4O3S/c1-3-10-12(23-19-18-10)15(21)22-8(2)13-16-11-7-5-4-6-9(11)14(20)17-13/h4-8H,3H2,1-2H3,(H,16,17,20)/t8-/m0/s1. The van der Waals surface area contributed by atoms with Crippen molar-refractivity contribution in [1.29, 1.82) is 0 Å². The van der Waals surface area contributed by atoms with Gasteiger partial charge in [-0.1, -0.05) is 23.5 Å². The van der Waals surface area contributed by atoms with E-state index in [4.69, 9.17) is 4.74 Å². The molecule has 0 saturated heterocycles. The van der Waals surface area contributed by atoms with Crippen LogP contribution in [0.5, 0.6) is 0 Å². The number of hydrogen-bond donors (Lipinski definition) is 1. The first-order valence-corrected chi connectivity index (χ1v) is 7.88. The summed E-state index contributed by atoms with van der Waals surface area (Å²) in [6.45, 7) is 3.55. The number of hydrogen-bond acceptors (Lipinski definition) is 7. The number of aromatic amines is 1. The van der Waals surface area contributed by atoms with Gasteiger partial charge in [0.05, 0.1) is 16.6 Å². The Morgan fingerprint density at radius 1 is 1.39 bits per heavy atom. The van der Waals surface area contributed by atoms with E-state index >= 15 is 0 Å². The second kappa shape index (κ2) is 6.25. The second-order valence-electron chi connectivity index (χ2n) is 4.92. The van der Waals surface area contributed by atoms with Crippen molar-refractivity contribution in [3.63, 3.8) is 0 Å². The van der Waals surface area contributed by atoms with Crippen molar-refractivity contribution in [2.24, 2.45) is 0 Å². The average Bonchev–Trinajstić information content (AvgIpc) is 3.03. The van der Waals surface area contributed by atoms with Crippen LogP contribution in [0.25, 0.3) is 10.9 Å². The zero-order valence-electron chi connectivity index (χ0n) is 12.6. The maximum Gasteiger partial charge on any atom is 0.352 e. The molecule has 0 unspecified atom stereocenters. The quantitative estimate of drug-likeness (QED) is 0.737. The number of nitrogens with zero attached hydrogens (tertiary/aromatic N) is 3. The minimum absolute atomic E-state index is 0.262. The fourth-order valence-electron chi connectivity index (χ4n) is 2.16. The highest BCUT2D eigenvalue weighted by Gasteiger charge is 2.21. The molecule has 0 bridgehead atoms. The monoisotopic (exact) mass is 330 g/mol. The van der Waals surface area contributed by atoms with Crippen LogP contribution in [0.4, 0.5) is 0 Å². The van der Waals surface area contributed by atoms with Gasteiger partial charge in [0.2, 0.25) is 0 Å². The Balaban J connectivity index is 1.87. The van der Waals surface area contributed by atoms with E-state index in [1.165, 1.54) is 0 Å². The molecule has 7 nitrogen and oxygen atoms in total. The van der Waals surface area contributed by atoms with Crippen molar-refractivity contribution in [2.75, 3.05) is 0 Å². The zero-order valence-corrected chi connectivity index (χ0v) is 13.4. The first-order chi connectivity index (χ1) is 11.1. The molecule has 8 heteroatoms. The lowest BCUT2D eigenvalue weighted by atomic mass is 10.2. The van der Waals surface area contributed by atoms with Gasteiger partial charge in [-0.2, -0.15) is 0 Å². The minimum Gasteiger partial charge on any atom is -0.450 e. The van der Waals surface area contributed by atoms with Crippen LogP contribution < -0.4 is 5.56 Å². The van der Waals surface area contributed by atoms with Crippen molar-refractivity contribution >= 4 is 28.4 Å². The lowest BCUT2D eigenvalue weighted by Gasteiger charge is -2.12. The molecule has 0 aliphatic rings. The van der Waals surface area contributed by atoms with Crippen LogP contribution in [-0.2, 0) is 11.2 Å². The summed E-state index contributed by atoms with van der Waals surface area (Å²) < 4.78 is 9.15. The third-order valence-electron chi connectivity index (χ3n) is 3.38. The van der Waals surface area contributed by atoms with Gasteiger partial charge in [0, 0.05) is 0 Å². The van der Waals surface area contributed by atoms with Gasteiger partial charge in [-0.25, -0.2) is 9.78 Å². The van der Waals surface area contributed by atoms with Crippen molar-refractivity contribution < 1.29 is 9.53 Å². The summed E-state index contributed by atoms with van der Waals surface area (Å²) in [5.74, 6) is -0.210. The van der Waals surface area contributed by atoms with Crippen LogP contribution in [0.15, 0.2) is 29.1 Å². The highest BCUT2D eigenvalue weighted by atomic mass is 32.1. The molecule has 0 fully saturated rings. The number of nitrogens with one attached hydrogen (secondary N) is 1. The molecule has 0 amide bonds. The number of ether oxygens (including phenoxy) is 1. The minimum atomic E-state index is -0.688. The van der Waals surface area contributed by atoms with Gasteiger partial charge in [-0.3, -0.25) is 4.79 Å². The summed E-state index contributed by atoms with van der Waals surface area (Å²) in [5.41, 5.74) is 0.900. The summed E-state index contributed by atoms with van der Waals surface area (Å²) >= 11 is 0.997. The summed E-state index contributed by atoms with van der Waals surface area (Å²) in [5, 5.41) is 4.38. The van der Waals surface area contributed by atoms with E-state index in [0.29, 0.717) is 33.7 Å². The highest BCUT2D eigenvalue weighted by molar-refractivity contribution is 7.07. The third kappa shape index (κ3) is 2.98. The average molecular weight is 330 g/mol. The molecule has 2 heterocycles. The molecular weight excluding hydrogens is 316 g/mol. The van der Waals surface area contributed by atoms with Gasteiger partial charge in [-0.05, 0) is 37.0 Å². The van der Waals surface area contributed by atoms with E-state index in [9.17, 15) is 9.59 Å². The number of aryl methyl sites for hydroxylation is 1. The lowest BCUT2D eigenvalue weighted by molar-refractivity contribution is 0.0324. The Bertz CT molecular complexity index is 918. The van der Waals surface area contributed by atoms with E-state index in [1.54, 1.807) is 31.2 Å². The van der Waals surface area contributed by atoms with Crippen LogP contribution in [0, 0.1) is 0 Å². The van der Waals surface area contributed by atoms with Gasteiger partial charge in [0.15, 0.2) is 16.8 Å². The van der Waals surface area contributed by atoms with E-state index in [2.05, 4.69) is 19.6 Å². The molecular formula is C15H14N4O3S. The van der Waals surface area contributed by atoms with Gasteiger partial charge in [0.25, 0.3) is 5.56 Å². The Morgan fingerprint density at radius 3 is 2.96 bits per heavy atom. The molecule has 1 N–H and O–H groups in total. The number of benzene rings is 1. The molecule has 0 aliphatic heterocycles. The number of aromatic nitrogens is 4. The molecule has 3 aromatic rings. The normalized spacial score (nSPS) is 12.3. The van der Waals surface area contributed by atoms with Crippen LogP contribution in [0.3, 0.4) is 0 Å². The predicted molar refractivity (Wildman–Crippen MR) is 85.5 cm³/mol. The first-order valence-electron chi connectivity index (χ1n) is 7.11. The molecule has 118 valence electrons. The van der Waals surface area contributed by atoms with Crippen LogP contribution in [0.2, 0.25) is 0 Å². The number of rotatable bonds is 4. The van der Waals surface area contributed by atoms with Gasteiger partial charge in [-0.15, -0.1) is 5.10 Å². The molecule has 23 heavy (non-hydrogen) atoms. The second-order valence-corrected chi connectivity index (χ2v) is 5.67. The fourth-order valence-corrected chi connectivity index (χ4v) is 2.80. The van der Waals surface area contributed by atoms with E-state index < -0.39 is 12.1 Å². The van der Waals surface area contributed by atoms with E-state index in [0.717, 1.165) is 11.5 Å². The Kier molecular flexibility index (Phi) is 4.16. The Hall–Kier alpha value is -2.61. The molecule has 0 aliphatic carbocycles. The van der Waals surface area contributed by atoms with Crippen molar-refractivity contribution in [3.8, 4) is 0 Å². The number of esters is 1. The third-order valence-corrected chi connectivity index (χ3v) is 4.12.